The monoisotopic (exact) mass is 334 g/mol. The molecule has 4 rings (SSSR count). The molecule has 0 bridgehead atoms. The zero-order valence-corrected chi connectivity index (χ0v) is 13.3. The number of nitrogens with two attached hydrogens (primary N) is 2. The van der Waals surface area contributed by atoms with Crippen molar-refractivity contribution in [2.75, 3.05) is 11.5 Å². The van der Waals surface area contributed by atoms with Gasteiger partial charge < -0.3 is 16.5 Å². The highest BCUT2D eigenvalue weighted by atomic mass is 16.6. The number of rotatable bonds is 2. The number of H-pyrrole nitrogens is 1. The van der Waals surface area contributed by atoms with Crippen LogP contribution in [0.3, 0.4) is 0 Å². The number of nitrogens with one attached hydrogen (secondary N) is 1. The van der Waals surface area contributed by atoms with E-state index < -0.39 is 0 Å². The van der Waals surface area contributed by atoms with E-state index >= 15 is 0 Å². The maximum Gasteiger partial charge on any atom is 0.272 e. The molecule has 0 saturated heterocycles. The summed E-state index contributed by atoms with van der Waals surface area (Å²) in [5.74, 6) is 0.384. The largest absolute Gasteiger partial charge is 0.383 e. The van der Waals surface area contributed by atoms with E-state index in [0.717, 1.165) is 16.5 Å². The van der Waals surface area contributed by atoms with E-state index in [-0.39, 0.29) is 16.6 Å². The Morgan fingerprint density at radius 3 is 2.72 bits per heavy atom. The number of nitro benzene ring substituents is 1. The summed E-state index contributed by atoms with van der Waals surface area (Å²) in [5, 5.41) is 12.8. The second-order valence-electron chi connectivity index (χ2n) is 5.81. The van der Waals surface area contributed by atoms with Crippen LogP contribution in [0.15, 0.2) is 36.5 Å². The van der Waals surface area contributed by atoms with Crippen molar-refractivity contribution in [3.05, 3.63) is 52.2 Å². The second-order valence-corrected chi connectivity index (χ2v) is 5.81. The maximum absolute atomic E-state index is 11.3. The summed E-state index contributed by atoms with van der Waals surface area (Å²) in [6, 6.07) is 8.83. The normalized spacial score (nSPS) is 11.2. The fourth-order valence-corrected chi connectivity index (χ4v) is 3.11. The molecule has 0 aliphatic heterocycles. The highest BCUT2D eigenvalue weighted by Gasteiger charge is 2.17. The lowest BCUT2D eigenvalue weighted by Crippen LogP contribution is -2.01. The standard InChI is InChI=1S/C17H14N6O2/c1-8-2-3-9(6-13(8)23(24)25)11-7-12-14(10-4-5-20-15(10)11)16(18)22-17(19)21-12/h2-7,20H,1H3,(H4,18,19,21,22). The SMILES string of the molecule is Cc1ccc(-c2cc3nc(N)nc(N)c3c3cc[nH]c23)cc1[N+](=O)[O-]. The van der Waals surface area contributed by atoms with Gasteiger partial charge in [0.25, 0.3) is 5.69 Å². The van der Waals surface area contributed by atoms with E-state index in [0.29, 0.717) is 27.8 Å². The molecule has 8 heteroatoms. The Bertz CT molecular complexity index is 1160. The minimum absolute atomic E-state index is 0.0685. The zero-order chi connectivity index (χ0) is 17.7. The van der Waals surface area contributed by atoms with Crippen LogP contribution in [0.4, 0.5) is 17.5 Å². The molecule has 0 fully saturated rings. The van der Waals surface area contributed by atoms with Gasteiger partial charge in [0.1, 0.15) is 5.82 Å². The number of nitrogens with zero attached hydrogens (tertiary/aromatic N) is 3. The molecule has 0 aliphatic carbocycles. The van der Waals surface area contributed by atoms with Gasteiger partial charge in [-0.15, -0.1) is 0 Å². The van der Waals surface area contributed by atoms with Crippen molar-refractivity contribution in [2.45, 2.75) is 6.92 Å². The molecule has 0 atom stereocenters. The smallest absolute Gasteiger partial charge is 0.272 e. The Morgan fingerprint density at radius 2 is 1.96 bits per heavy atom. The van der Waals surface area contributed by atoms with Gasteiger partial charge in [-0.05, 0) is 24.6 Å². The quantitative estimate of drug-likeness (QED) is 0.380. The van der Waals surface area contributed by atoms with Crippen LogP contribution >= 0.6 is 0 Å². The first-order valence-corrected chi connectivity index (χ1v) is 7.54. The van der Waals surface area contributed by atoms with Gasteiger partial charge in [-0.2, -0.15) is 4.98 Å². The van der Waals surface area contributed by atoms with Gasteiger partial charge in [0, 0.05) is 28.8 Å². The molecule has 0 radical (unpaired) electrons. The molecule has 2 aromatic heterocycles. The van der Waals surface area contributed by atoms with Crippen LogP contribution in [-0.4, -0.2) is 19.9 Å². The van der Waals surface area contributed by atoms with Crippen molar-refractivity contribution in [1.29, 1.82) is 0 Å². The molecule has 2 heterocycles. The molecule has 5 N–H and O–H groups in total. The van der Waals surface area contributed by atoms with Crippen LogP contribution in [0.1, 0.15) is 5.56 Å². The summed E-state index contributed by atoms with van der Waals surface area (Å²) in [4.78, 5) is 22.3. The maximum atomic E-state index is 11.3. The molecular formula is C17H14N6O2. The topological polar surface area (TPSA) is 137 Å². The van der Waals surface area contributed by atoms with Gasteiger partial charge in [0.2, 0.25) is 5.95 Å². The highest BCUT2D eigenvalue weighted by molar-refractivity contribution is 6.15. The van der Waals surface area contributed by atoms with Crippen LogP contribution in [0.2, 0.25) is 0 Å². The lowest BCUT2D eigenvalue weighted by atomic mass is 9.98. The first-order valence-electron chi connectivity index (χ1n) is 7.54. The van der Waals surface area contributed by atoms with Crippen LogP contribution in [0.5, 0.6) is 0 Å². The van der Waals surface area contributed by atoms with Gasteiger partial charge in [-0.1, -0.05) is 12.1 Å². The number of nitro groups is 1. The van der Waals surface area contributed by atoms with Crippen LogP contribution < -0.4 is 11.5 Å². The summed E-state index contributed by atoms with van der Waals surface area (Å²) < 4.78 is 0. The number of aryl methyl sites for hydroxylation is 1. The number of hydrogen-bond donors (Lipinski definition) is 3. The van der Waals surface area contributed by atoms with Crippen molar-refractivity contribution >= 4 is 39.3 Å². The Hall–Kier alpha value is -3.68. The van der Waals surface area contributed by atoms with Crippen LogP contribution in [0.25, 0.3) is 32.9 Å². The fourth-order valence-electron chi connectivity index (χ4n) is 3.11. The van der Waals surface area contributed by atoms with Crippen molar-refractivity contribution in [3.63, 3.8) is 0 Å². The predicted molar refractivity (Wildman–Crippen MR) is 97.0 cm³/mol. The van der Waals surface area contributed by atoms with Crippen molar-refractivity contribution in [1.82, 2.24) is 15.0 Å². The van der Waals surface area contributed by atoms with Crippen molar-refractivity contribution in [2.24, 2.45) is 0 Å². The second kappa shape index (κ2) is 5.17. The van der Waals surface area contributed by atoms with Crippen LogP contribution in [0, 0.1) is 17.0 Å². The average molecular weight is 334 g/mol. The molecule has 0 aliphatic rings. The molecule has 0 amide bonds. The van der Waals surface area contributed by atoms with Crippen molar-refractivity contribution < 1.29 is 4.92 Å². The first-order chi connectivity index (χ1) is 12.0. The third kappa shape index (κ3) is 2.23. The number of aromatic nitrogens is 3. The van der Waals surface area contributed by atoms with Crippen LogP contribution in [-0.2, 0) is 0 Å². The van der Waals surface area contributed by atoms with E-state index in [1.165, 1.54) is 0 Å². The van der Waals surface area contributed by atoms with E-state index in [1.54, 1.807) is 25.3 Å². The Balaban J connectivity index is 2.09. The Morgan fingerprint density at radius 1 is 1.16 bits per heavy atom. The number of nitrogen functional groups attached to an aromatic ring is 2. The molecule has 4 aromatic rings. The number of benzene rings is 2. The lowest BCUT2D eigenvalue weighted by molar-refractivity contribution is -0.385. The summed E-state index contributed by atoms with van der Waals surface area (Å²) in [6.07, 6.45) is 1.78. The third-order valence-electron chi connectivity index (χ3n) is 4.27. The number of hydrogen-bond acceptors (Lipinski definition) is 6. The lowest BCUT2D eigenvalue weighted by Gasteiger charge is -2.10. The van der Waals surface area contributed by atoms with Gasteiger partial charge in [0.15, 0.2) is 0 Å². The molecular weight excluding hydrogens is 320 g/mol. The van der Waals surface area contributed by atoms with E-state index in [9.17, 15) is 10.1 Å². The zero-order valence-electron chi connectivity index (χ0n) is 13.3. The van der Waals surface area contributed by atoms with Gasteiger partial charge in [0.05, 0.1) is 21.3 Å². The fraction of sp³-hybridized carbons (Fsp3) is 0.0588. The number of anilines is 2. The molecule has 0 saturated carbocycles. The molecule has 124 valence electrons. The molecule has 8 nitrogen and oxygen atoms in total. The van der Waals surface area contributed by atoms with E-state index in [2.05, 4.69) is 15.0 Å². The van der Waals surface area contributed by atoms with Gasteiger partial charge >= 0.3 is 0 Å². The average Bonchev–Trinajstić information content (AvgIpc) is 3.03. The summed E-state index contributed by atoms with van der Waals surface area (Å²) in [7, 11) is 0. The molecule has 2 aromatic carbocycles. The number of fused-ring (bicyclic) bond motifs is 3. The first kappa shape index (κ1) is 14.9. The number of aromatic amines is 1. The van der Waals surface area contributed by atoms with E-state index in [4.69, 9.17) is 11.5 Å². The summed E-state index contributed by atoms with van der Waals surface area (Å²) in [5.41, 5.74) is 15.3. The van der Waals surface area contributed by atoms with E-state index in [1.807, 2.05) is 18.2 Å². The molecule has 0 spiro atoms. The Kier molecular flexibility index (Phi) is 3.08. The Labute approximate surface area is 141 Å². The highest BCUT2D eigenvalue weighted by Crippen LogP contribution is 2.37. The summed E-state index contributed by atoms with van der Waals surface area (Å²) in [6.45, 7) is 1.71. The molecule has 25 heavy (non-hydrogen) atoms. The minimum Gasteiger partial charge on any atom is -0.383 e. The van der Waals surface area contributed by atoms with Crippen molar-refractivity contribution in [3.8, 4) is 11.1 Å². The summed E-state index contributed by atoms with van der Waals surface area (Å²) >= 11 is 0. The predicted octanol–water partition coefficient (Wildman–Crippen LogP) is 3.16. The third-order valence-corrected chi connectivity index (χ3v) is 4.27. The minimum atomic E-state index is -0.385. The van der Waals surface area contributed by atoms with Gasteiger partial charge in [-0.3, -0.25) is 10.1 Å². The van der Waals surface area contributed by atoms with Gasteiger partial charge in [-0.25, -0.2) is 4.98 Å². The molecule has 0 unspecified atom stereocenters.